The number of nitrogens with zero attached hydrogens (tertiary/aromatic N) is 1. The predicted molar refractivity (Wildman–Crippen MR) is 117 cm³/mol. The molecule has 0 unspecified atom stereocenters. The minimum Gasteiger partial charge on any atom is -0.497 e. The number of halogens is 1. The number of amides is 1. The fourth-order valence-corrected chi connectivity index (χ4v) is 4.45. The van der Waals surface area contributed by atoms with Crippen LogP contribution in [-0.2, 0) is 21.4 Å². The number of hydrogen-bond acceptors (Lipinski definition) is 4. The summed E-state index contributed by atoms with van der Waals surface area (Å²) in [6.07, 6.45) is 0. The number of para-hydroxylation sites is 1. The lowest BCUT2D eigenvalue weighted by Gasteiger charge is -2.24. The van der Waals surface area contributed by atoms with Crippen LogP contribution in [0.15, 0.2) is 77.7 Å². The van der Waals surface area contributed by atoms with Crippen molar-refractivity contribution in [2.75, 3.05) is 18.0 Å². The van der Waals surface area contributed by atoms with Crippen LogP contribution in [0.25, 0.3) is 0 Å². The second-order valence-corrected chi connectivity index (χ2v) is 8.70. The Bertz CT molecular complexity index is 1160. The molecule has 0 spiro atoms. The lowest BCUT2D eigenvalue weighted by Crippen LogP contribution is -2.41. The second kappa shape index (κ2) is 9.61. The molecule has 3 rings (SSSR count). The first kappa shape index (κ1) is 22.3. The van der Waals surface area contributed by atoms with Gasteiger partial charge < -0.3 is 10.1 Å². The van der Waals surface area contributed by atoms with Crippen LogP contribution < -0.4 is 14.4 Å². The molecule has 1 N–H and O–H groups in total. The molecule has 0 bridgehead atoms. The fourth-order valence-electron chi connectivity index (χ4n) is 3.02. The van der Waals surface area contributed by atoms with Gasteiger partial charge >= 0.3 is 0 Å². The van der Waals surface area contributed by atoms with E-state index in [9.17, 15) is 17.6 Å². The van der Waals surface area contributed by atoms with Crippen LogP contribution in [-0.4, -0.2) is 28.0 Å². The van der Waals surface area contributed by atoms with Crippen molar-refractivity contribution in [3.63, 3.8) is 0 Å². The highest BCUT2D eigenvalue weighted by Crippen LogP contribution is 2.27. The van der Waals surface area contributed by atoms with E-state index in [1.807, 2.05) is 31.2 Å². The lowest BCUT2D eigenvalue weighted by atomic mass is 10.1. The molecule has 162 valence electrons. The van der Waals surface area contributed by atoms with Crippen LogP contribution in [0.3, 0.4) is 0 Å². The van der Waals surface area contributed by atoms with Crippen LogP contribution in [0.1, 0.15) is 11.1 Å². The Morgan fingerprint density at radius 3 is 2.29 bits per heavy atom. The Morgan fingerprint density at radius 2 is 1.65 bits per heavy atom. The molecular weight excluding hydrogens is 419 g/mol. The quantitative estimate of drug-likeness (QED) is 0.578. The Balaban J connectivity index is 1.88. The van der Waals surface area contributed by atoms with Gasteiger partial charge in [0.2, 0.25) is 5.91 Å². The van der Waals surface area contributed by atoms with E-state index in [4.69, 9.17) is 4.74 Å². The van der Waals surface area contributed by atoms with Gasteiger partial charge in [0.1, 0.15) is 18.1 Å². The largest absolute Gasteiger partial charge is 0.497 e. The number of carbonyl (C=O) groups excluding carboxylic acids is 1. The van der Waals surface area contributed by atoms with Crippen LogP contribution in [0.4, 0.5) is 10.1 Å². The third-order valence-corrected chi connectivity index (χ3v) is 6.57. The van der Waals surface area contributed by atoms with Gasteiger partial charge in [-0.2, -0.15) is 0 Å². The van der Waals surface area contributed by atoms with Gasteiger partial charge in [-0.15, -0.1) is 0 Å². The number of sulfonamides is 1. The van der Waals surface area contributed by atoms with E-state index in [1.165, 1.54) is 49.6 Å². The first-order chi connectivity index (χ1) is 14.8. The van der Waals surface area contributed by atoms with Gasteiger partial charge in [0, 0.05) is 6.54 Å². The van der Waals surface area contributed by atoms with E-state index in [-0.39, 0.29) is 17.1 Å². The van der Waals surface area contributed by atoms with Crippen molar-refractivity contribution in [2.45, 2.75) is 18.4 Å². The molecule has 0 heterocycles. The molecule has 1 amide bonds. The van der Waals surface area contributed by atoms with Gasteiger partial charge in [0.05, 0.1) is 17.7 Å². The number of rotatable bonds is 8. The van der Waals surface area contributed by atoms with E-state index in [0.717, 1.165) is 21.5 Å². The number of anilines is 1. The highest BCUT2D eigenvalue weighted by Gasteiger charge is 2.29. The van der Waals surface area contributed by atoms with Crippen LogP contribution in [0.5, 0.6) is 5.75 Å². The van der Waals surface area contributed by atoms with Crippen molar-refractivity contribution < 1.29 is 22.3 Å². The minimum absolute atomic E-state index is 0.0803. The zero-order valence-corrected chi connectivity index (χ0v) is 18.0. The summed E-state index contributed by atoms with van der Waals surface area (Å²) in [5.74, 6) is -0.817. The molecule has 0 atom stereocenters. The Labute approximate surface area is 181 Å². The third-order valence-electron chi connectivity index (χ3n) is 4.79. The van der Waals surface area contributed by atoms with E-state index in [1.54, 1.807) is 0 Å². The maximum atomic E-state index is 14.5. The highest BCUT2D eigenvalue weighted by atomic mass is 32.2. The molecule has 0 aliphatic heterocycles. The molecule has 0 fully saturated rings. The van der Waals surface area contributed by atoms with Crippen molar-refractivity contribution in [1.82, 2.24) is 5.32 Å². The molecule has 0 saturated carbocycles. The molecule has 6 nitrogen and oxygen atoms in total. The number of carbonyl (C=O) groups is 1. The average molecular weight is 443 g/mol. The summed E-state index contributed by atoms with van der Waals surface area (Å²) < 4.78 is 46.9. The lowest BCUT2D eigenvalue weighted by molar-refractivity contribution is -0.119. The molecule has 0 aliphatic rings. The Hall–Kier alpha value is -3.39. The fraction of sp³-hybridized carbons (Fsp3) is 0.174. The summed E-state index contributed by atoms with van der Waals surface area (Å²) in [5.41, 5.74) is 1.70. The van der Waals surface area contributed by atoms with Crippen molar-refractivity contribution in [3.05, 3.63) is 89.7 Å². The maximum Gasteiger partial charge on any atom is 0.264 e. The second-order valence-electron chi connectivity index (χ2n) is 6.84. The molecule has 0 saturated heterocycles. The number of benzene rings is 3. The summed E-state index contributed by atoms with van der Waals surface area (Å²) in [7, 11) is -2.74. The number of aryl methyl sites for hydroxylation is 1. The summed E-state index contributed by atoms with van der Waals surface area (Å²) in [6.45, 7) is 1.58. The predicted octanol–water partition coefficient (Wildman–Crippen LogP) is 3.65. The van der Waals surface area contributed by atoms with Crippen LogP contribution in [0, 0.1) is 12.7 Å². The van der Waals surface area contributed by atoms with Crippen LogP contribution in [0.2, 0.25) is 0 Å². The molecular formula is C23H23FN2O4S. The summed E-state index contributed by atoms with van der Waals surface area (Å²) in [6, 6.07) is 18.7. The first-order valence-corrected chi connectivity index (χ1v) is 11.0. The Morgan fingerprint density at radius 1 is 1.00 bits per heavy atom. The smallest absolute Gasteiger partial charge is 0.264 e. The van der Waals surface area contributed by atoms with Crippen molar-refractivity contribution in [1.29, 1.82) is 0 Å². The molecule has 0 aromatic heterocycles. The van der Waals surface area contributed by atoms with Crippen molar-refractivity contribution in [3.8, 4) is 5.75 Å². The zero-order chi connectivity index (χ0) is 22.4. The first-order valence-electron chi connectivity index (χ1n) is 9.55. The highest BCUT2D eigenvalue weighted by molar-refractivity contribution is 7.92. The standard InChI is InChI=1S/C23H23FN2O4S/c1-17-7-3-4-8-18(17)15-25-23(27)16-26(22-10-6-5-9-21(22)24)31(28,29)20-13-11-19(30-2)12-14-20/h3-14H,15-16H2,1-2H3,(H,25,27). The topological polar surface area (TPSA) is 75.7 Å². The summed E-state index contributed by atoms with van der Waals surface area (Å²) in [5, 5.41) is 2.71. The van der Waals surface area contributed by atoms with E-state index in [2.05, 4.69) is 5.32 Å². The summed E-state index contributed by atoms with van der Waals surface area (Å²) in [4.78, 5) is 12.6. The zero-order valence-electron chi connectivity index (χ0n) is 17.2. The SMILES string of the molecule is COc1ccc(S(=O)(=O)N(CC(=O)NCc2ccccc2C)c2ccccc2F)cc1. The van der Waals surface area contributed by atoms with E-state index >= 15 is 0 Å². The van der Waals surface area contributed by atoms with Gasteiger partial charge in [-0.25, -0.2) is 12.8 Å². The molecule has 0 aliphatic carbocycles. The molecule has 3 aromatic rings. The van der Waals surface area contributed by atoms with E-state index in [0.29, 0.717) is 5.75 Å². The van der Waals surface area contributed by atoms with Crippen molar-refractivity contribution in [2.24, 2.45) is 0 Å². The van der Waals surface area contributed by atoms with Gasteiger partial charge in [0.25, 0.3) is 10.0 Å². The summed E-state index contributed by atoms with van der Waals surface area (Å²) >= 11 is 0. The number of methoxy groups -OCH3 is 1. The van der Waals surface area contributed by atoms with Gasteiger partial charge in [0.15, 0.2) is 0 Å². The van der Waals surface area contributed by atoms with Gasteiger partial charge in [-0.1, -0.05) is 36.4 Å². The average Bonchev–Trinajstić information content (AvgIpc) is 2.77. The molecule has 3 aromatic carbocycles. The minimum atomic E-state index is -4.21. The van der Waals surface area contributed by atoms with Gasteiger partial charge in [-0.05, 0) is 54.4 Å². The van der Waals surface area contributed by atoms with E-state index < -0.39 is 28.3 Å². The van der Waals surface area contributed by atoms with Crippen LogP contribution >= 0.6 is 0 Å². The number of nitrogens with one attached hydrogen (secondary N) is 1. The maximum absolute atomic E-state index is 14.5. The Kier molecular flexibility index (Phi) is 6.91. The molecule has 8 heteroatoms. The third kappa shape index (κ3) is 5.21. The monoisotopic (exact) mass is 442 g/mol. The number of hydrogen-bond donors (Lipinski definition) is 1. The van der Waals surface area contributed by atoms with Crippen molar-refractivity contribution >= 4 is 21.6 Å². The molecule has 31 heavy (non-hydrogen) atoms. The number of ether oxygens (including phenoxy) is 1. The molecule has 0 radical (unpaired) electrons. The normalized spacial score (nSPS) is 11.1. The van der Waals surface area contributed by atoms with Gasteiger partial charge in [-0.3, -0.25) is 9.10 Å².